The second-order valence-electron chi connectivity index (χ2n) is 8.31. The Morgan fingerprint density at radius 3 is 1.95 bits per heavy atom. The number of alkyl halides is 10. The molecular formula is C23H20F10N2O2. The van der Waals surface area contributed by atoms with Gasteiger partial charge in [-0.3, -0.25) is 4.90 Å². The highest BCUT2D eigenvalue weighted by molar-refractivity contribution is 5.90. The van der Waals surface area contributed by atoms with Gasteiger partial charge in [0, 0.05) is 12.5 Å². The maximum Gasteiger partial charge on any atom is 0.416 e. The number of nitrogens with two attached hydrogens (primary N) is 1. The molecule has 0 fully saturated rings. The zero-order valence-electron chi connectivity index (χ0n) is 18.9. The van der Waals surface area contributed by atoms with E-state index < -0.39 is 77.0 Å². The Bertz CT molecular complexity index is 1110. The summed E-state index contributed by atoms with van der Waals surface area (Å²) in [7, 11) is 0. The first kappa shape index (κ1) is 28.5. The minimum Gasteiger partial charge on any atom is -0.449 e. The van der Waals surface area contributed by atoms with E-state index >= 15 is 4.39 Å². The molecule has 0 aliphatic carbocycles. The zero-order valence-corrected chi connectivity index (χ0v) is 18.9. The van der Waals surface area contributed by atoms with Gasteiger partial charge in [0.1, 0.15) is 6.17 Å². The molecule has 2 N–H and O–H groups in total. The van der Waals surface area contributed by atoms with Crippen LogP contribution in [0.5, 0.6) is 0 Å². The summed E-state index contributed by atoms with van der Waals surface area (Å²) in [6.07, 6.45) is -19.5. The smallest absolute Gasteiger partial charge is 0.416 e. The third-order valence-corrected chi connectivity index (χ3v) is 5.92. The Morgan fingerprint density at radius 1 is 0.946 bits per heavy atom. The lowest BCUT2D eigenvalue weighted by Gasteiger charge is -2.41. The lowest BCUT2D eigenvalue weighted by atomic mass is 9.79. The van der Waals surface area contributed by atoms with Gasteiger partial charge < -0.3 is 10.5 Å². The number of hydrogen-bond donors (Lipinski definition) is 1. The Labute approximate surface area is 204 Å². The van der Waals surface area contributed by atoms with Crippen LogP contribution < -0.4 is 10.6 Å². The van der Waals surface area contributed by atoms with Gasteiger partial charge in [-0.25, -0.2) is 9.18 Å². The van der Waals surface area contributed by atoms with Crippen LogP contribution in [0.4, 0.5) is 54.4 Å². The lowest BCUT2D eigenvalue weighted by molar-refractivity contribution is -0.143. The van der Waals surface area contributed by atoms with Crippen molar-refractivity contribution in [3.8, 4) is 0 Å². The maximum atomic E-state index is 15.9. The van der Waals surface area contributed by atoms with Crippen molar-refractivity contribution >= 4 is 11.8 Å². The summed E-state index contributed by atoms with van der Waals surface area (Å²) >= 11 is 0. The average molecular weight is 546 g/mol. The summed E-state index contributed by atoms with van der Waals surface area (Å²) in [6, 6.07) is 1.11. The van der Waals surface area contributed by atoms with Gasteiger partial charge in [0.15, 0.2) is 0 Å². The van der Waals surface area contributed by atoms with E-state index in [0.29, 0.717) is 12.1 Å². The van der Waals surface area contributed by atoms with Gasteiger partial charge >= 0.3 is 24.6 Å². The van der Waals surface area contributed by atoms with Crippen LogP contribution >= 0.6 is 0 Å². The number of ether oxygens (including phenoxy) is 1. The quantitative estimate of drug-likeness (QED) is 0.412. The molecule has 0 aromatic heterocycles. The molecule has 2 aromatic carbocycles. The van der Waals surface area contributed by atoms with Gasteiger partial charge in [0.25, 0.3) is 0 Å². The SMILES string of the molecule is CCOC(=O)N1c2ccc(C(F)(F)F)cc2C([C@@H](F)c2cc(C(F)(F)F)cc(C(F)(F)F)c2)C[C@H]1CN. The van der Waals surface area contributed by atoms with Crippen molar-refractivity contribution in [3.05, 3.63) is 64.2 Å². The minimum atomic E-state index is -5.26. The Kier molecular flexibility index (Phi) is 7.73. The number of carbonyl (C=O) groups excluding carboxylic acids is 1. The maximum absolute atomic E-state index is 15.9. The van der Waals surface area contributed by atoms with Crippen molar-refractivity contribution in [1.82, 2.24) is 0 Å². The van der Waals surface area contributed by atoms with Gasteiger partial charge in [-0.15, -0.1) is 0 Å². The predicted molar refractivity (Wildman–Crippen MR) is 111 cm³/mol. The summed E-state index contributed by atoms with van der Waals surface area (Å²) in [5, 5.41) is 0. The fourth-order valence-corrected chi connectivity index (χ4v) is 4.26. The number of rotatable bonds is 4. The number of nitrogens with zero attached hydrogens (tertiary/aromatic N) is 1. The first-order chi connectivity index (χ1) is 17.0. The number of anilines is 1. The molecule has 0 saturated heterocycles. The molecular weight excluding hydrogens is 526 g/mol. The molecule has 3 atom stereocenters. The Morgan fingerprint density at radius 2 is 1.49 bits per heavy atom. The molecule has 1 amide bonds. The first-order valence-electron chi connectivity index (χ1n) is 10.8. The van der Waals surface area contributed by atoms with Gasteiger partial charge in [0.2, 0.25) is 0 Å². The predicted octanol–water partition coefficient (Wildman–Crippen LogP) is 7.23. The Hall–Kier alpha value is -3.03. The van der Waals surface area contributed by atoms with Crippen LogP contribution in [0.3, 0.4) is 0 Å². The number of halogens is 10. The molecule has 204 valence electrons. The molecule has 1 aliphatic heterocycles. The topological polar surface area (TPSA) is 55.6 Å². The van der Waals surface area contributed by atoms with Crippen LogP contribution in [-0.4, -0.2) is 25.3 Å². The minimum absolute atomic E-state index is 0.123. The molecule has 1 heterocycles. The van der Waals surface area contributed by atoms with E-state index in [4.69, 9.17) is 10.5 Å². The van der Waals surface area contributed by atoms with Gasteiger partial charge in [0.05, 0.1) is 35.0 Å². The molecule has 14 heteroatoms. The largest absolute Gasteiger partial charge is 0.449 e. The second kappa shape index (κ2) is 10.0. The van der Waals surface area contributed by atoms with Crippen molar-refractivity contribution in [2.24, 2.45) is 5.73 Å². The van der Waals surface area contributed by atoms with Crippen molar-refractivity contribution in [1.29, 1.82) is 0 Å². The summed E-state index contributed by atoms with van der Waals surface area (Å²) in [4.78, 5) is 13.5. The van der Waals surface area contributed by atoms with Crippen molar-refractivity contribution < 1.29 is 53.4 Å². The highest BCUT2D eigenvalue weighted by Crippen LogP contribution is 2.49. The molecule has 3 rings (SSSR count). The number of fused-ring (bicyclic) bond motifs is 1. The lowest BCUT2D eigenvalue weighted by Crippen LogP contribution is -2.49. The first-order valence-corrected chi connectivity index (χ1v) is 10.8. The normalized spacial score (nSPS) is 19.4. The van der Waals surface area contributed by atoms with E-state index in [-0.39, 0.29) is 37.0 Å². The van der Waals surface area contributed by atoms with Crippen LogP contribution in [0, 0.1) is 0 Å². The summed E-state index contributed by atoms with van der Waals surface area (Å²) < 4.78 is 141. The standard InChI is InChI=1S/C23H20F10N2O2/c1-2-37-20(36)35-15(10-34)9-17(16-8-12(21(25,26)27)3-4-18(16)35)19(24)11-5-13(22(28,29)30)7-14(6-11)23(31,32)33/h3-8,15,17,19H,2,9-10,34H2,1H3/t15-,17?,19-/m0/s1. The zero-order chi connectivity index (χ0) is 27.9. The van der Waals surface area contributed by atoms with Crippen molar-refractivity contribution in [2.45, 2.75) is 50.0 Å². The van der Waals surface area contributed by atoms with Crippen LogP contribution in [0.15, 0.2) is 36.4 Å². The molecule has 1 aliphatic rings. The van der Waals surface area contributed by atoms with Crippen molar-refractivity contribution in [2.75, 3.05) is 18.1 Å². The van der Waals surface area contributed by atoms with E-state index in [1.807, 2.05) is 0 Å². The molecule has 4 nitrogen and oxygen atoms in total. The van der Waals surface area contributed by atoms with E-state index in [2.05, 4.69) is 0 Å². The van der Waals surface area contributed by atoms with Gasteiger partial charge in [-0.1, -0.05) is 0 Å². The summed E-state index contributed by atoms with van der Waals surface area (Å²) in [5.41, 5.74) is -0.819. The number of benzene rings is 2. The molecule has 1 unspecified atom stereocenters. The average Bonchev–Trinajstić information content (AvgIpc) is 2.80. The fourth-order valence-electron chi connectivity index (χ4n) is 4.26. The van der Waals surface area contributed by atoms with Crippen LogP contribution in [-0.2, 0) is 23.3 Å². The number of carbonyl (C=O) groups is 1. The van der Waals surface area contributed by atoms with Crippen LogP contribution in [0.1, 0.15) is 53.3 Å². The monoisotopic (exact) mass is 546 g/mol. The third-order valence-electron chi connectivity index (χ3n) is 5.92. The van der Waals surface area contributed by atoms with E-state index in [1.54, 1.807) is 0 Å². The molecule has 0 spiro atoms. The van der Waals surface area contributed by atoms with E-state index in [9.17, 15) is 44.3 Å². The van der Waals surface area contributed by atoms with Crippen LogP contribution in [0.2, 0.25) is 0 Å². The van der Waals surface area contributed by atoms with Crippen LogP contribution in [0.25, 0.3) is 0 Å². The Balaban J connectivity index is 2.22. The number of amides is 1. The molecule has 0 saturated carbocycles. The molecule has 37 heavy (non-hydrogen) atoms. The summed E-state index contributed by atoms with van der Waals surface area (Å²) in [6.45, 7) is 0.986. The highest BCUT2D eigenvalue weighted by Gasteiger charge is 2.44. The fraction of sp³-hybridized carbons (Fsp3) is 0.435. The number of hydrogen-bond acceptors (Lipinski definition) is 3. The second-order valence-corrected chi connectivity index (χ2v) is 8.31. The van der Waals surface area contributed by atoms with Gasteiger partial charge in [-0.05, 0) is 60.9 Å². The summed E-state index contributed by atoms with van der Waals surface area (Å²) in [5.74, 6) is -1.67. The van der Waals surface area contributed by atoms with E-state index in [1.165, 1.54) is 6.92 Å². The molecule has 2 aromatic rings. The van der Waals surface area contributed by atoms with Gasteiger partial charge in [-0.2, -0.15) is 39.5 Å². The molecule has 0 bridgehead atoms. The van der Waals surface area contributed by atoms with E-state index in [0.717, 1.165) is 11.0 Å². The third kappa shape index (κ3) is 5.94. The van der Waals surface area contributed by atoms with Crippen molar-refractivity contribution in [3.63, 3.8) is 0 Å². The highest BCUT2D eigenvalue weighted by atomic mass is 19.4. The molecule has 0 radical (unpaired) electrons.